The molecule has 1 aromatic carbocycles. The Balaban J connectivity index is 0.00000210. The third-order valence-electron chi connectivity index (χ3n) is 5.60. The molecule has 2 fully saturated rings. The maximum atomic E-state index is 12.6. The largest absolute Gasteiger partial charge is 0.482 e. The van der Waals surface area contributed by atoms with E-state index in [0.717, 1.165) is 44.1 Å². The van der Waals surface area contributed by atoms with Crippen molar-refractivity contribution in [2.24, 2.45) is 5.92 Å². The van der Waals surface area contributed by atoms with Gasteiger partial charge in [0.05, 0.1) is 5.69 Å². The standard InChI is InChI=1S/C20H27N3O3.ClH/c24-19(22-10-7-16(8-11-22)21-13-15-5-6-15)9-12-23-17-3-1-2-4-18(17)26-14-20(23)25;/h1-4,15-16,21H,5-14H2;1H. The molecule has 0 spiro atoms. The third kappa shape index (κ3) is 4.93. The predicted octanol–water partition coefficient (Wildman–Crippen LogP) is 2.21. The molecule has 0 bridgehead atoms. The lowest BCUT2D eigenvalue weighted by atomic mass is 10.0. The van der Waals surface area contributed by atoms with E-state index in [1.165, 1.54) is 12.8 Å². The van der Waals surface area contributed by atoms with E-state index < -0.39 is 0 Å². The Hall–Kier alpha value is -1.79. The number of likely N-dealkylation sites (tertiary alicyclic amines) is 1. The van der Waals surface area contributed by atoms with Crippen molar-refractivity contribution in [1.29, 1.82) is 0 Å². The molecule has 2 heterocycles. The van der Waals surface area contributed by atoms with Crippen molar-refractivity contribution in [1.82, 2.24) is 10.2 Å². The van der Waals surface area contributed by atoms with Crippen LogP contribution >= 0.6 is 12.4 Å². The fourth-order valence-electron chi connectivity index (χ4n) is 3.75. The number of carbonyl (C=O) groups is 2. The van der Waals surface area contributed by atoms with Crippen LogP contribution in [0.15, 0.2) is 24.3 Å². The molecule has 27 heavy (non-hydrogen) atoms. The lowest BCUT2D eigenvalue weighted by Crippen LogP contribution is -2.46. The minimum Gasteiger partial charge on any atom is -0.482 e. The van der Waals surface area contributed by atoms with Gasteiger partial charge in [-0.25, -0.2) is 0 Å². The number of ether oxygens (including phenoxy) is 1. The van der Waals surface area contributed by atoms with Gasteiger partial charge in [-0.3, -0.25) is 9.59 Å². The first-order chi connectivity index (χ1) is 12.7. The van der Waals surface area contributed by atoms with Gasteiger partial charge < -0.3 is 19.9 Å². The lowest BCUT2D eigenvalue weighted by Gasteiger charge is -2.34. The number of fused-ring (bicyclic) bond motifs is 1. The maximum Gasteiger partial charge on any atom is 0.265 e. The van der Waals surface area contributed by atoms with Crippen LogP contribution in [-0.4, -0.2) is 55.5 Å². The average molecular weight is 394 g/mol. The van der Waals surface area contributed by atoms with Crippen molar-refractivity contribution in [3.63, 3.8) is 0 Å². The smallest absolute Gasteiger partial charge is 0.265 e. The number of hydrogen-bond acceptors (Lipinski definition) is 4. The lowest BCUT2D eigenvalue weighted by molar-refractivity contribution is -0.132. The molecule has 7 heteroatoms. The second-order valence-corrected chi connectivity index (χ2v) is 7.56. The van der Waals surface area contributed by atoms with Gasteiger partial charge >= 0.3 is 0 Å². The van der Waals surface area contributed by atoms with Gasteiger partial charge in [-0.15, -0.1) is 12.4 Å². The minimum atomic E-state index is -0.0838. The highest BCUT2D eigenvalue weighted by Gasteiger charge is 2.28. The summed E-state index contributed by atoms with van der Waals surface area (Å²) in [6.07, 6.45) is 5.15. The van der Waals surface area contributed by atoms with Gasteiger partial charge in [0.2, 0.25) is 5.91 Å². The van der Waals surface area contributed by atoms with Crippen LogP contribution in [0.4, 0.5) is 5.69 Å². The van der Waals surface area contributed by atoms with Crippen LogP contribution in [0, 0.1) is 5.92 Å². The fraction of sp³-hybridized carbons (Fsp3) is 0.600. The molecular weight excluding hydrogens is 366 g/mol. The van der Waals surface area contributed by atoms with Crippen molar-refractivity contribution in [3.05, 3.63) is 24.3 Å². The Kier molecular flexibility index (Phi) is 6.60. The van der Waals surface area contributed by atoms with E-state index in [2.05, 4.69) is 5.32 Å². The highest BCUT2D eigenvalue weighted by Crippen LogP contribution is 2.31. The molecular formula is C20H28ClN3O3. The van der Waals surface area contributed by atoms with E-state index in [9.17, 15) is 9.59 Å². The van der Waals surface area contributed by atoms with Gasteiger partial charge in [0.15, 0.2) is 6.61 Å². The summed E-state index contributed by atoms with van der Waals surface area (Å²) in [7, 11) is 0. The van der Waals surface area contributed by atoms with E-state index in [0.29, 0.717) is 24.8 Å². The summed E-state index contributed by atoms with van der Waals surface area (Å²) < 4.78 is 5.45. The molecule has 1 N–H and O–H groups in total. The number of carbonyl (C=O) groups excluding carboxylic acids is 2. The van der Waals surface area contributed by atoms with E-state index in [1.807, 2.05) is 29.2 Å². The number of halogens is 1. The van der Waals surface area contributed by atoms with Crippen molar-refractivity contribution in [3.8, 4) is 5.75 Å². The Labute approximate surface area is 166 Å². The molecule has 1 aliphatic carbocycles. The molecule has 1 saturated carbocycles. The molecule has 1 saturated heterocycles. The number of nitrogens with zero attached hydrogens (tertiary/aromatic N) is 2. The fourth-order valence-corrected chi connectivity index (χ4v) is 3.75. The van der Waals surface area contributed by atoms with Crippen LogP contribution in [0.2, 0.25) is 0 Å². The number of benzene rings is 1. The summed E-state index contributed by atoms with van der Waals surface area (Å²) in [6, 6.07) is 8.05. The predicted molar refractivity (Wildman–Crippen MR) is 106 cm³/mol. The van der Waals surface area contributed by atoms with Gasteiger partial charge in [0.1, 0.15) is 5.75 Å². The Bertz CT molecular complexity index is 672. The van der Waals surface area contributed by atoms with Gasteiger partial charge in [0.25, 0.3) is 5.91 Å². The van der Waals surface area contributed by atoms with Crippen LogP contribution in [-0.2, 0) is 9.59 Å². The SMILES string of the molecule is Cl.O=C(CCN1C(=O)COc2ccccc21)N1CCC(NCC2CC2)CC1. The Morgan fingerprint density at radius 1 is 1.15 bits per heavy atom. The first-order valence-corrected chi connectivity index (χ1v) is 9.74. The number of para-hydroxylation sites is 2. The number of rotatable bonds is 6. The topological polar surface area (TPSA) is 61.9 Å². The van der Waals surface area contributed by atoms with Crippen molar-refractivity contribution in [2.75, 3.05) is 37.7 Å². The van der Waals surface area contributed by atoms with Crippen LogP contribution in [0.3, 0.4) is 0 Å². The highest BCUT2D eigenvalue weighted by atomic mass is 35.5. The van der Waals surface area contributed by atoms with E-state index >= 15 is 0 Å². The summed E-state index contributed by atoms with van der Waals surface area (Å²) in [4.78, 5) is 28.4. The second kappa shape index (κ2) is 8.93. The molecule has 1 aromatic rings. The highest BCUT2D eigenvalue weighted by molar-refractivity contribution is 5.98. The quantitative estimate of drug-likeness (QED) is 0.805. The average Bonchev–Trinajstić information content (AvgIpc) is 3.50. The van der Waals surface area contributed by atoms with Crippen molar-refractivity contribution in [2.45, 2.75) is 38.1 Å². The minimum absolute atomic E-state index is 0. The maximum absolute atomic E-state index is 12.6. The number of amides is 2. The molecule has 0 unspecified atom stereocenters. The number of anilines is 1. The first kappa shape index (κ1) is 20.0. The molecule has 3 aliphatic rings. The molecule has 2 amide bonds. The number of piperidine rings is 1. The Morgan fingerprint density at radius 3 is 2.63 bits per heavy atom. The zero-order valence-electron chi connectivity index (χ0n) is 15.6. The van der Waals surface area contributed by atoms with Crippen LogP contribution in [0.5, 0.6) is 5.75 Å². The molecule has 148 valence electrons. The third-order valence-corrected chi connectivity index (χ3v) is 5.60. The molecule has 6 nitrogen and oxygen atoms in total. The molecule has 0 atom stereocenters. The summed E-state index contributed by atoms with van der Waals surface area (Å²) in [6.45, 7) is 3.22. The zero-order chi connectivity index (χ0) is 17.9. The van der Waals surface area contributed by atoms with Crippen LogP contribution < -0.4 is 15.0 Å². The van der Waals surface area contributed by atoms with Gasteiger partial charge in [-0.05, 0) is 50.3 Å². The normalized spacial score (nSPS) is 19.9. The summed E-state index contributed by atoms with van der Waals surface area (Å²) in [5.41, 5.74) is 0.763. The molecule has 0 aromatic heterocycles. The molecule has 2 aliphatic heterocycles. The van der Waals surface area contributed by atoms with Gasteiger partial charge in [-0.2, -0.15) is 0 Å². The zero-order valence-corrected chi connectivity index (χ0v) is 16.4. The van der Waals surface area contributed by atoms with Gasteiger partial charge in [0, 0.05) is 32.1 Å². The second-order valence-electron chi connectivity index (χ2n) is 7.56. The van der Waals surface area contributed by atoms with E-state index in [1.54, 1.807) is 4.90 Å². The van der Waals surface area contributed by atoms with Crippen LogP contribution in [0.25, 0.3) is 0 Å². The van der Waals surface area contributed by atoms with Crippen molar-refractivity contribution >= 4 is 29.9 Å². The van der Waals surface area contributed by atoms with E-state index in [4.69, 9.17) is 4.74 Å². The molecule has 4 rings (SSSR count). The van der Waals surface area contributed by atoms with Gasteiger partial charge in [-0.1, -0.05) is 12.1 Å². The Morgan fingerprint density at radius 2 is 1.89 bits per heavy atom. The number of nitrogens with one attached hydrogen (secondary N) is 1. The first-order valence-electron chi connectivity index (χ1n) is 9.74. The van der Waals surface area contributed by atoms with Crippen molar-refractivity contribution < 1.29 is 14.3 Å². The van der Waals surface area contributed by atoms with E-state index in [-0.39, 0.29) is 30.8 Å². The summed E-state index contributed by atoms with van der Waals surface area (Å²) >= 11 is 0. The summed E-state index contributed by atoms with van der Waals surface area (Å²) in [5, 5.41) is 3.64. The van der Waals surface area contributed by atoms with Crippen LogP contribution in [0.1, 0.15) is 32.1 Å². The monoisotopic (exact) mass is 393 g/mol. The number of hydrogen-bond donors (Lipinski definition) is 1. The summed E-state index contributed by atoms with van der Waals surface area (Å²) in [5.74, 6) is 1.66. The molecule has 0 radical (unpaired) electrons.